The van der Waals surface area contributed by atoms with Gasteiger partial charge in [0.15, 0.2) is 0 Å². The molecule has 0 aliphatic carbocycles. The maximum atomic E-state index is 14.4. The van der Waals surface area contributed by atoms with Crippen molar-refractivity contribution in [3.8, 4) is 0 Å². The number of carbonyl (C=O) groups excluding carboxylic acids is 1. The highest BCUT2D eigenvalue weighted by atomic mass is 19.1. The molecule has 1 unspecified atom stereocenters. The van der Waals surface area contributed by atoms with E-state index in [0.717, 1.165) is 23.8 Å². The van der Waals surface area contributed by atoms with Crippen molar-refractivity contribution in [1.82, 2.24) is 10.3 Å². The van der Waals surface area contributed by atoms with Gasteiger partial charge in [0, 0.05) is 24.7 Å². The summed E-state index contributed by atoms with van der Waals surface area (Å²) in [6.07, 6.45) is 1.28. The Morgan fingerprint density at radius 1 is 1.15 bits per heavy atom. The average Bonchev–Trinajstić information content (AvgIpc) is 3.29. The van der Waals surface area contributed by atoms with E-state index in [0.29, 0.717) is 25.2 Å². The second kappa shape index (κ2) is 9.60. The molecule has 1 aromatic heterocycles. The minimum atomic E-state index is -0.652. The van der Waals surface area contributed by atoms with Gasteiger partial charge in [-0.3, -0.25) is 15.4 Å². The van der Waals surface area contributed by atoms with Gasteiger partial charge in [-0.05, 0) is 42.7 Å². The van der Waals surface area contributed by atoms with E-state index in [9.17, 15) is 23.7 Å². The van der Waals surface area contributed by atoms with Crippen LogP contribution in [-0.2, 0) is 6.54 Å². The number of hydrogen-bond acceptors (Lipinski definition) is 5. The Bertz CT molecular complexity index is 1180. The SMILES string of the molecule is O=C(NCc1ccccc1)Nc1nc(N2CCCC2c2cc(F)ccc2F)ccc1[N+](=O)[O-]. The van der Waals surface area contributed by atoms with Gasteiger partial charge in [-0.25, -0.2) is 18.6 Å². The molecule has 0 saturated carbocycles. The van der Waals surface area contributed by atoms with Crippen LogP contribution in [0.25, 0.3) is 0 Å². The monoisotopic (exact) mass is 453 g/mol. The van der Waals surface area contributed by atoms with Crippen LogP contribution in [0.15, 0.2) is 60.7 Å². The lowest BCUT2D eigenvalue weighted by molar-refractivity contribution is -0.384. The summed E-state index contributed by atoms with van der Waals surface area (Å²) in [4.78, 5) is 29.3. The van der Waals surface area contributed by atoms with Crippen LogP contribution in [0.4, 0.5) is 30.9 Å². The first-order valence-corrected chi connectivity index (χ1v) is 10.4. The molecule has 0 radical (unpaired) electrons. The number of carbonyl (C=O) groups is 1. The van der Waals surface area contributed by atoms with E-state index in [1.807, 2.05) is 30.3 Å². The van der Waals surface area contributed by atoms with Gasteiger partial charge in [0.25, 0.3) is 0 Å². The van der Waals surface area contributed by atoms with Crippen LogP contribution >= 0.6 is 0 Å². The molecular weight excluding hydrogens is 432 g/mol. The summed E-state index contributed by atoms with van der Waals surface area (Å²) in [5.41, 5.74) is 0.685. The van der Waals surface area contributed by atoms with Crippen LogP contribution in [0.2, 0.25) is 0 Å². The van der Waals surface area contributed by atoms with Gasteiger partial charge in [0.05, 0.1) is 11.0 Å². The van der Waals surface area contributed by atoms with Crippen LogP contribution < -0.4 is 15.5 Å². The summed E-state index contributed by atoms with van der Waals surface area (Å²) in [6.45, 7) is 0.734. The number of halogens is 2. The molecule has 2 N–H and O–H groups in total. The first kappa shape index (κ1) is 22.1. The van der Waals surface area contributed by atoms with Crippen LogP contribution in [0.3, 0.4) is 0 Å². The molecule has 1 aliphatic rings. The first-order chi connectivity index (χ1) is 15.9. The largest absolute Gasteiger partial charge is 0.349 e. The van der Waals surface area contributed by atoms with E-state index in [2.05, 4.69) is 15.6 Å². The van der Waals surface area contributed by atoms with Crippen molar-refractivity contribution in [1.29, 1.82) is 0 Å². The highest BCUT2D eigenvalue weighted by Crippen LogP contribution is 2.38. The molecule has 2 aromatic carbocycles. The summed E-state index contributed by atoms with van der Waals surface area (Å²) in [7, 11) is 0. The molecule has 33 heavy (non-hydrogen) atoms. The minimum Gasteiger partial charge on any atom is -0.349 e. The molecule has 10 heteroatoms. The van der Waals surface area contributed by atoms with E-state index in [1.54, 1.807) is 4.90 Å². The van der Waals surface area contributed by atoms with E-state index >= 15 is 0 Å². The van der Waals surface area contributed by atoms with Crippen molar-refractivity contribution >= 4 is 23.4 Å². The van der Waals surface area contributed by atoms with Gasteiger partial charge in [-0.2, -0.15) is 0 Å². The summed E-state index contributed by atoms with van der Waals surface area (Å²) < 4.78 is 28.1. The lowest BCUT2D eigenvalue weighted by Crippen LogP contribution is -2.29. The molecule has 3 aromatic rings. The van der Waals surface area contributed by atoms with E-state index in [1.165, 1.54) is 12.1 Å². The van der Waals surface area contributed by atoms with E-state index in [4.69, 9.17) is 0 Å². The molecule has 8 nitrogen and oxygen atoms in total. The number of benzene rings is 2. The highest BCUT2D eigenvalue weighted by Gasteiger charge is 2.31. The summed E-state index contributed by atoms with van der Waals surface area (Å²) in [5, 5.41) is 16.5. The maximum absolute atomic E-state index is 14.4. The molecule has 170 valence electrons. The van der Waals surface area contributed by atoms with Gasteiger partial charge in [-0.1, -0.05) is 30.3 Å². The third-order valence-corrected chi connectivity index (χ3v) is 5.45. The summed E-state index contributed by atoms with van der Waals surface area (Å²) >= 11 is 0. The third-order valence-electron chi connectivity index (χ3n) is 5.45. The number of nitrogens with zero attached hydrogens (tertiary/aromatic N) is 3. The van der Waals surface area contributed by atoms with Crippen molar-refractivity contribution in [2.75, 3.05) is 16.8 Å². The Labute approximate surface area is 188 Å². The van der Waals surface area contributed by atoms with Crippen LogP contribution in [0, 0.1) is 21.7 Å². The van der Waals surface area contributed by atoms with Gasteiger partial charge in [0.2, 0.25) is 5.82 Å². The molecule has 0 bridgehead atoms. The molecule has 0 spiro atoms. The second-order valence-corrected chi connectivity index (χ2v) is 7.60. The topological polar surface area (TPSA) is 100 Å². The molecule has 1 atom stereocenters. The van der Waals surface area contributed by atoms with Crippen LogP contribution in [-0.4, -0.2) is 22.5 Å². The molecular formula is C23H21F2N5O3. The van der Waals surface area contributed by atoms with Gasteiger partial charge >= 0.3 is 11.7 Å². The predicted octanol–water partition coefficient (Wildman–Crippen LogP) is 4.93. The summed E-state index contributed by atoms with van der Waals surface area (Å²) in [6, 6.07) is 14.0. The van der Waals surface area contributed by atoms with E-state index in [-0.39, 0.29) is 23.6 Å². The Morgan fingerprint density at radius 2 is 1.94 bits per heavy atom. The Kier molecular flexibility index (Phi) is 6.43. The normalized spacial score (nSPS) is 15.3. The van der Waals surface area contributed by atoms with E-state index < -0.39 is 28.6 Å². The second-order valence-electron chi connectivity index (χ2n) is 7.60. The minimum absolute atomic E-state index is 0.197. The Morgan fingerprint density at radius 3 is 2.70 bits per heavy atom. The zero-order valence-corrected chi connectivity index (χ0v) is 17.5. The van der Waals surface area contributed by atoms with Gasteiger partial charge < -0.3 is 10.2 Å². The third kappa shape index (κ3) is 5.05. The molecule has 2 amide bonds. The number of nitro groups is 1. The number of nitrogens with one attached hydrogen (secondary N) is 2. The van der Waals surface area contributed by atoms with Crippen molar-refractivity contribution in [2.24, 2.45) is 0 Å². The zero-order valence-electron chi connectivity index (χ0n) is 17.5. The van der Waals surface area contributed by atoms with Crippen molar-refractivity contribution in [3.63, 3.8) is 0 Å². The Balaban J connectivity index is 1.57. The van der Waals surface area contributed by atoms with Crippen molar-refractivity contribution in [2.45, 2.75) is 25.4 Å². The number of amides is 2. The van der Waals surface area contributed by atoms with Gasteiger partial charge in [0.1, 0.15) is 17.5 Å². The standard InChI is InChI=1S/C23H21F2N5O3/c24-16-8-9-18(25)17(13-16)19-7-4-12-29(19)21-11-10-20(30(32)33)22(27-21)28-23(31)26-14-15-5-2-1-3-6-15/h1-3,5-6,8-11,13,19H,4,7,12,14H2,(H2,26,27,28,31). The number of rotatable bonds is 6. The van der Waals surface area contributed by atoms with Crippen molar-refractivity contribution in [3.05, 3.63) is 93.5 Å². The lowest BCUT2D eigenvalue weighted by Gasteiger charge is -2.26. The highest BCUT2D eigenvalue weighted by molar-refractivity contribution is 5.90. The van der Waals surface area contributed by atoms with Crippen LogP contribution in [0.5, 0.6) is 0 Å². The average molecular weight is 453 g/mol. The quantitative estimate of drug-likeness (QED) is 0.407. The Hall–Kier alpha value is -4.08. The predicted molar refractivity (Wildman–Crippen MR) is 119 cm³/mol. The molecule has 1 fully saturated rings. The number of pyridine rings is 1. The molecule has 1 aliphatic heterocycles. The molecule has 2 heterocycles. The maximum Gasteiger partial charge on any atom is 0.320 e. The first-order valence-electron chi connectivity index (χ1n) is 10.4. The lowest BCUT2D eigenvalue weighted by atomic mass is 10.0. The van der Waals surface area contributed by atoms with Crippen LogP contribution in [0.1, 0.15) is 30.0 Å². The van der Waals surface area contributed by atoms with Crippen molar-refractivity contribution < 1.29 is 18.5 Å². The number of aromatic nitrogens is 1. The molecule has 4 rings (SSSR count). The fourth-order valence-corrected chi connectivity index (χ4v) is 3.90. The fourth-order valence-electron chi connectivity index (χ4n) is 3.90. The fraction of sp³-hybridized carbons (Fsp3) is 0.217. The number of urea groups is 1. The zero-order chi connectivity index (χ0) is 23.4. The molecule has 1 saturated heterocycles. The summed E-state index contributed by atoms with van der Waals surface area (Å²) in [5.74, 6) is -0.986. The van der Waals surface area contributed by atoms with Gasteiger partial charge in [-0.15, -0.1) is 0 Å². The number of hydrogen-bond donors (Lipinski definition) is 2. The number of anilines is 2. The smallest absolute Gasteiger partial charge is 0.320 e.